The van der Waals surface area contributed by atoms with Gasteiger partial charge in [-0.1, -0.05) is 13.8 Å². The number of carboxylic acid groups (broad SMARTS) is 1. The fourth-order valence-electron chi connectivity index (χ4n) is 2.03. The largest absolute Gasteiger partial charge is 0.480 e. The summed E-state index contributed by atoms with van der Waals surface area (Å²) in [6, 6.07) is 1.86. The number of hydrogen-bond donors (Lipinski definition) is 1. The van der Waals surface area contributed by atoms with Crippen molar-refractivity contribution in [3.05, 3.63) is 22.4 Å². The van der Waals surface area contributed by atoms with Crippen LogP contribution in [-0.2, 0) is 4.79 Å². The molecular weight excluding hydrogens is 324 g/mol. The third kappa shape index (κ3) is 4.37. The van der Waals surface area contributed by atoms with Gasteiger partial charge in [-0.2, -0.15) is 0 Å². The zero-order chi connectivity index (χ0) is 15.4. The number of halogens is 1. The van der Waals surface area contributed by atoms with E-state index >= 15 is 0 Å². The van der Waals surface area contributed by atoms with Gasteiger partial charge in [0.05, 0.1) is 0 Å². The standard InChI is InChI=1S/C14H21BrN2O3/c1-9(2)6-16(8-13(18)19)14(20)12-5-11(15)7-17(12)10(3)4/h5,7,9-10H,6,8H2,1-4H3,(H,18,19). The fraction of sp³-hybridized carbons (Fsp3) is 0.571. The monoisotopic (exact) mass is 344 g/mol. The van der Waals surface area contributed by atoms with Gasteiger partial charge < -0.3 is 14.6 Å². The van der Waals surface area contributed by atoms with Crippen molar-refractivity contribution in [3.8, 4) is 0 Å². The van der Waals surface area contributed by atoms with E-state index in [9.17, 15) is 9.59 Å². The summed E-state index contributed by atoms with van der Waals surface area (Å²) < 4.78 is 2.66. The first-order valence-electron chi connectivity index (χ1n) is 6.60. The topological polar surface area (TPSA) is 62.5 Å². The summed E-state index contributed by atoms with van der Waals surface area (Å²) in [5.41, 5.74) is 0.508. The zero-order valence-corrected chi connectivity index (χ0v) is 13.8. The first-order valence-corrected chi connectivity index (χ1v) is 7.40. The molecule has 0 saturated heterocycles. The molecule has 0 aromatic carbocycles. The molecule has 1 aromatic heterocycles. The number of hydrogen-bond acceptors (Lipinski definition) is 2. The van der Waals surface area contributed by atoms with Crippen molar-refractivity contribution in [1.29, 1.82) is 0 Å². The highest BCUT2D eigenvalue weighted by Gasteiger charge is 2.23. The third-order valence-electron chi connectivity index (χ3n) is 2.79. The van der Waals surface area contributed by atoms with E-state index in [0.717, 1.165) is 4.47 Å². The van der Waals surface area contributed by atoms with Crippen LogP contribution in [0.4, 0.5) is 0 Å². The van der Waals surface area contributed by atoms with Crippen molar-refractivity contribution in [1.82, 2.24) is 9.47 Å². The molecule has 1 N–H and O–H groups in total. The predicted octanol–water partition coefficient (Wildman–Crippen LogP) is 3.01. The molecule has 1 amide bonds. The van der Waals surface area contributed by atoms with Crippen LogP contribution >= 0.6 is 15.9 Å². The molecule has 1 rings (SSSR count). The lowest BCUT2D eigenvalue weighted by Crippen LogP contribution is -2.39. The quantitative estimate of drug-likeness (QED) is 0.862. The number of nitrogens with zero attached hydrogens (tertiary/aromatic N) is 2. The van der Waals surface area contributed by atoms with E-state index in [4.69, 9.17) is 5.11 Å². The van der Waals surface area contributed by atoms with Crippen LogP contribution in [0.3, 0.4) is 0 Å². The second-order valence-electron chi connectivity index (χ2n) is 5.52. The molecule has 0 saturated carbocycles. The Morgan fingerprint density at radius 2 is 1.95 bits per heavy atom. The van der Waals surface area contributed by atoms with Crippen LogP contribution in [-0.4, -0.2) is 39.5 Å². The fourth-order valence-corrected chi connectivity index (χ4v) is 2.47. The van der Waals surface area contributed by atoms with Crippen LogP contribution in [0, 0.1) is 5.92 Å². The second kappa shape index (κ2) is 6.92. The highest BCUT2D eigenvalue weighted by Crippen LogP contribution is 2.21. The minimum absolute atomic E-state index is 0.131. The number of carbonyl (C=O) groups excluding carboxylic acids is 1. The number of carbonyl (C=O) groups is 2. The van der Waals surface area contributed by atoms with Gasteiger partial charge in [0, 0.05) is 23.3 Å². The molecule has 0 radical (unpaired) electrons. The molecular formula is C14H21BrN2O3. The Morgan fingerprint density at radius 3 is 2.40 bits per heavy atom. The van der Waals surface area contributed by atoms with Crippen LogP contribution in [0.15, 0.2) is 16.7 Å². The maximum Gasteiger partial charge on any atom is 0.323 e. The molecule has 6 heteroatoms. The lowest BCUT2D eigenvalue weighted by molar-refractivity contribution is -0.137. The van der Waals surface area contributed by atoms with Crippen LogP contribution in [0.5, 0.6) is 0 Å². The minimum atomic E-state index is -0.999. The van der Waals surface area contributed by atoms with E-state index in [1.807, 2.05) is 38.5 Å². The van der Waals surface area contributed by atoms with Crippen molar-refractivity contribution >= 4 is 27.8 Å². The second-order valence-corrected chi connectivity index (χ2v) is 6.43. The van der Waals surface area contributed by atoms with Crippen molar-refractivity contribution in [2.24, 2.45) is 5.92 Å². The summed E-state index contributed by atoms with van der Waals surface area (Å²) in [7, 11) is 0. The molecule has 0 atom stereocenters. The van der Waals surface area contributed by atoms with Gasteiger partial charge in [0.25, 0.3) is 5.91 Å². The van der Waals surface area contributed by atoms with E-state index in [0.29, 0.717) is 12.2 Å². The van der Waals surface area contributed by atoms with Gasteiger partial charge in [-0.05, 0) is 41.8 Å². The van der Waals surface area contributed by atoms with E-state index in [1.165, 1.54) is 4.90 Å². The lowest BCUT2D eigenvalue weighted by Gasteiger charge is -2.24. The highest BCUT2D eigenvalue weighted by atomic mass is 79.9. The summed E-state index contributed by atoms with van der Waals surface area (Å²) in [6.07, 6.45) is 1.84. The number of amides is 1. The highest BCUT2D eigenvalue weighted by molar-refractivity contribution is 9.10. The Balaban J connectivity index is 3.08. The Labute approximate surface area is 127 Å². The minimum Gasteiger partial charge on any atom is -0.480 e. The molecule has 0 aliphatic rings. The Morgan fingerprint density at radius 1 is 1.35 bits per heavy atom. The molecule has 1 aromatic rings. The average molecular weight is 345 g/mol. The lowest BCUT2D eigenvalue weighted by atomic mass is 10.2. The molecule has 20 heavy (non-hydrogen) atoms. The van der Waals surface area contributed by atoms with Crippen LogP contribution in [0.1, 0.15) is 44.2 Å². The molecule has 0 spiro atoms. The van der Waals surface area contributed by atoms with Crippen molar-refractivity contribution < 1.29 is 14.7 Å². The summed E-state index contributed by atoms with van der Waals surface area (Å²) in [5, 5.41) is 8.97. The summed E-state index contributed by atoms with van der Waals surface area (Å²) >= 11 is 3.36. The SMILES string of the molecule is CC(C)CN(CC(=O)O)C(=O)c1cc(Br)cn1C(C)C. The summed E-state index contributed by atoms with van der Waals surface area (Å²) in [5.74, 6) is -1.04. The number of aromatic nitrogens is 1. The first kappa shape index (κ1) is 16.8. The molecule has 0 aliphatic heterocycles. The number of aliphatic carboxylic acids is 1. The van der Waals surface area contributed by atoms with Gasteiger partial charge >= 0.3 is 5.97 Å². The van der Waals surface area contributed by atoms with Gasteiger partial charge in [-0.3, -0.25) is 9.59 Å². The Hall–Kier alpha value is -1.30. The molecule has 0 aliphatic carbocycles. The van der Waals surface area contributed by atoms with Gasteiger partial charge in [-0.25, -0.2) is 0 Å². The maximum atomic E-state index is 12.6. The molecule has 0 bridgehead atoms. The molecule has 1 heterocycles. The smallest absolute Gasteiger partial charge is 0.323 e. The van der Waals surface area contributed by atoms with E-state index < -0.39 is 5.97 Å². The zero-order valence-electron chi connectivity index (χ0n) is 12.3. The van der Waals surface area contributed by atoms with E-state index in [1.54, 1.807) is 6.07 Å². The predicted molar refractivity (Wildman–Crippen MR) is 80.9 cm³/mol. The van der Waals surface area contributed by atoms with E-state index in [2.05, 4.69) is 15.9 Å². The normalized spacial score (nSPS) is 11.2. The molecule has 0 fully saturated rings. The van der Waals surface area contributed by atoms with Gasteiger partial charge in [-0.15, -0.1) is 0 Å². The number of rotatable bonds is 6. The van der Waals surface area contributed by atoms with Gasteiger partial charge in [0.15, 0.2) is 0 Å². The van der Waals surface area contributed by atoms with Gasteiger partial charge in [0.2, 0.25) is 0 Å². The molecule has 5 nitrogen and oxygen atoms in total. The van der Waals surface area contributed by atoms with E-state index in [-0.39, 0.29) is 24.4 Å². The Kier molecular flexibility index (Phi) is 5.80. The first-order chi connectivity index (χ1) is 9.22. The van der Waals surface area contributed by atoms with Crippen LogP contribution in [0.25, 0.3) is 0 Å². The Bertz CT molecular complexity index is 495. The third-order valence-corrected chi connectivity index (χ3v) is 3.22. The number of carboxylic acids is 1. The average Bonchev–Trinajstić information content (AvgIpc) is 2.68. The summed E-state index contributed by atoms with van der Waals surface area (Å²) in [6.45, 7) is 8.02. The maximum absolute atomic E-state index is 12.6. The van der Waals surface area contributed by atoms with Crippen LogP contribution in [0.2, 0.25) is 0 Å². The van der Waals surface area contributed by atoms with Gasteiger partial charge in [0.1, 0.15) is 12.2 Å². The van der Waals surface area contributed by atoms with Crippen LogP contribution < -0.4 is 0 Å². The van der Waals surface area contributed by atoms with Crippen molar-refractivity contribution in [2.45, 2.75) is 33.7 Å². The summed E-state index contributed by atoms with van der Waals surface area (Å²) in [4.78, 5) is 24.9. The van der Waals surface area contributed by atoms with Crippen molar-refractivity contribution in [2.75, 3.05) is 13.1 Å². The molecule has 0 unspecified atom stereocenters. The van der Waals surface area contributed by atoms with Crippen molar-refractivity contribution in [3.63, 3.8) is 0 Å². The molecule has 112 valence electrons.